The number of aliphatic hydroxyl groups is 2. The topological polar surface area (TPSA) is 121 Å². The molecule has 2 aliphatic rings. The second kappa shape index (κ2) is 11.9. The van der Waals surface area contributed by atoms with E-state index in [1.165, 1.54) is 25.1 Å². The molecule has 0 bridgehead atoms. The lowest BCUT2D eigenvalue weighted by molar-refractivity contribution is -0.249. The standard InChI is InChI=1S/C27H31N3O6S/c1-16(25-24(17(2)32)27(34)28-25)20(14-23(33)36-35-3)15-30-29-26(19-7-5-4-6-8-19)21-10-9-18(11-12-31)13-22(21)37-30/h4-10,13-14,16-17,24-25,31-32H,11-12,15H2,1-3H3,(H,28,34)/b20-14+. The number of hydrogen-bond acceptors (Lipinski definition) is 9. The van der Waals surface area contributed by atoms with Gasteiger partial charge in [0.05, 0.1) is 31.4 Å². The van der Waals surface area contributed by atoms with Crippen LogP contribution in [-0.2, 0) is 25.8 Å². The first-order valence-electron chi connectivity index (χ1n) is 12.1. The van der Waals surface area contributed by atoms with Crippen LogP contribution >= 0.6 is 11.9 Å². The maximum atomic E-state index is 12.4. The number of fused-ring (bicyclic) bond motifs is 1. The molecule has 0 saturated carbocycles. The predicted octanol–water partition coefficient (Wildman–Crippen LogP) is 2.46. The number of carbonyl (C=O) groups excluding carboxylic acids is 2. The fourth-order valence-corrected chi connectivity index (χ4v) is 5.67. The van der Waals surface area contributed by atoms with E-state index in [1.54, 1.807) is 11.3 Å². The van der Waals surface area contributed by atoms with Crippen LogP contribution in [0, 0.1) is 11.8 Å². The fourth-order valence-electron chi connectivity index (χ4n) is 4.64. The van der Waals surface area contributed by atoms with Crippen LogP contribution in [0.25, 0.3) is 0 Å². The van der Waals surface area contributed by atoms with Crippen LogP contribution in [0.2, 0.25) is 0 Å². The first kappa shape index (κ1) is 26.9. The predicted molar refractivity (Wildman–Crippen MR) is 139 cm³/mol. The second-order valence-electron chi connectivity index (χ2n) is 9.10. The SMILES string of the molecule is COOC(=O)/C=C(\CN1N=C(c2ccccc2)c2ccc(CCO)cc2S1)C(C)C1NC(=O)C1C(C)O. The van der Waals surface area contributed by atoms with Gasteiger partial charge in [0.2, 0.25) is 5.91 Å². The molecule has 4 unspecified atom stereocenters. The lowest BCUT2D eigenvalue weighted by Crippen LogP contribution is -2.64. The maximum Gasteiger partial charge on any atom is 0.365 e. The van der Waals surface area contributed by atoms with Crippen LogP contribution < -0.4 is 5.32 Å². The molecule has 9 nitrogen and oxygen atoms in total. The number of carbonyl (C=O) groups is 2. The Bertz CT molecular complexity index is 1200. The molecule has 2 aliphatic heterocycles. The van der Waals surface area contributed by atoms with E-state index in [9.17, 15) is 19.8 Å². The number of benzene rings is 2. The minimum Gasteiger partial charge on any atom is -0.396 e. The summed E-state index contributed by atoms with van der Waals surface area (Å²) in [7, 11) is 1.25. The molecule has 1 fully saturated rings. The third-order valence-electron chi connectivity index (χ3n) is 6.59. The Hall–Kier alpha value is -3.18. The van der Waals surface area contributed by atoms with Gasteiger partial charge in [-0.05, 0) is 30.5 Å². The molecule has 37 heavy (non-hydrogen) atoms. The smallest absolute Gasteiger partial charge is 0.365 e. The van der Waals surface area contributed by atoms with Crippen molar-refractivity contribution in [3.05, 3.63) is 76.9 Å². The van der Waals surface area contributed by atoms with E-state index in [-0.39, 0.29) is 31.0 Å². The molecule has 2 aromatic carbocycles. The van der Waals surface area contributed by atoms with Crippen molar-refractivity contribution in [2.45, 2.75) is 37.3 Å². The molecule has 4 atom stereocenters. The van der Waals surface area contributed by atoms with Crippen molar-refractivity contribution in [2.24, 2.45) is 16.9 Å². The Labute approximate surface area is 220 Å². The van der Waals surface area contributed by atoms with Gasteiger partial charge in [-0.25, -0.2) is 9.21 Å². The lowest BCUT2D eigenvalue weighted by atomic mass is 9.76. The molecule has 0 aromatic heterocycles. The van der Waals surface area contributed by atoms with Crippen molar-refractivity contribution >= 4 is 29.5 Å². The largest absolute Gasteiger partial charge is 0.396 e. The summed E-state index contributed by atoms with van der Waals surface area (Å²) >= 11 is 1.43. The lowest BCUT2D eigenvalue weighted by Gasteiger charge is -2.43. The highest BCUT2D eigenvalue weighted by Crippen LogP contribution is 2.37. The van der Waals surface area contributed by atoms with Gasteiger partial charge in [-0.15, -0.1) is 0 Å². The molecule has 10 heteroatoms. The molecule has 0 spiro atoms. The summed E-state index contributed by atoms with van der Waals surface area (Å²) in [5.74, 6) is -1.76. The van der Waals surface area contributed by atoms with Crippen LogP contribution in [0.3, 0.4) is 0 Å². The summed E-state index contributed by atoms with van der Waals surface area (Å²) in [6.07, 6.45) is 1.07. The molecule has 0 aliphatic carbocycles. The van der Waals surface area contributed by atoms with E-state index in [0.29, 0.717) is 12.0 Å². The monoisotopic (exact) mass is 525 g/mol. The number of β-lactam (4-membered cyclic amide) rings is 1. The van der Waals surface area contributed by atoms with Crippen LogP contribution in [0.5, 0.6) is 0 Å². The zero-order valence-corrected chi connectivity index (χ0v) is 21.8. The molecule has 2 heterocycles. The van der Waals surface area contributed by atoms with Crippen molar-refractivity contribution in [1.29, 1.82) is 0 Å². The molecule has 3 N–H and O–H groups in total. The minimum atomic E-state index is -0.822. The van der Waals surface area contributed by atoms with Crippen LogP contribution in [0.4, 0.5) is 0 Å². The molecule has 2 aromatic rings. The van der Waals surface area contributed by atoms with E-state index in [1.807, 2.05) is 55.5 Å². The Morgan fingerprint density at radius 1 is 1.24 bits per heavy atom. The molecule has 4 rings (SSSR count). The number of hydrazone groups is 1. The van der Waals surface area contributed by atoms with Gasteiger partial charge in [-0.3, -0.25) is 9.68 Å². The number of aliphatic hydroxyl groups excluding tert-OH is 2. The Kier molecular flexibility index (Phi) is 8.65. The summed E-state index contributed by atoms with van der Waals surface area (Å²) in [5.41, 5.74) is 4.38. The first-order chi connectivity index (χ1) is 17.8. The highest BCUT2D eigenvalue weighted by molar-refractivity contribution is 7.97. The Balaban J connectivity index is 1.69. The van der Waals surface area contributed by atoms with E-state index in [2.05, 4.69) is 10.2 Å². The highest BCUT2D eigenvalue weighted by Gasteiger charge is 2.46. The van der Waals surface area contributed by atoms with Gasteiger partial charge in [0, 0.05) is 52.6 Å². The molecule has 0 radical (unpaired) electrons. The van der Waals surface area contributed by atoms with Gasteiger partial charge >= 0.3 is 5.97 Å². The average molecular weight is 526 g/mol. The zero-order valence-electron chi connectivity index (χ0n) is 21.0. The average Bonchev–Trinajstić information content (AvgIpc) is 2.86. The van der Waals surface area contributed by atoms with Gasteiger partial charge < -0.3 is 15.5 Å². The van der Waals surface area contributed by atoms with E-state index in [4.69, 9.17) is 9.99 Å². The molecular formula is C27H31N3O6S. The number of amides is 1. The van der Waals surface area contributed by atoms with Crippen LogP contribution in [0.1, 0.15) is 30.5 Å². The summed E-state index contributed by atoms with van der Waals surface area (Å²) < 4.78 is 1.80. The third kappa shape index (κ3) is 6.04. The van der Waals surface area contributed by atoms with Crippen molar-refractivity contribution in [3.8, 4) is 0 Å². The maximum absolute atomic E-state index is 12.4. The summed E-state index contributed by atoms with van der Waals surface area (Å²) in [6, 6.07) is 15.5. The summed E-state index contributed by atoms with van der Waals surface area (Å²) in [6.45, 7) is 3.79. The number of hydrogen-bond donors (Lipinski definition) is 3. The molecular weight excluding hydrogens is 494 g/mol. The van der Waals surface area contributed by atoms with Crippen LogP contribution in [0.15, 0.2) is 70.2 Å². The van der Waals surface area contributed by atoms with Gasteiger partial charge in [-0.1, -0.05) is 49.4 Å². The number of nitrogens with one attached hydrogen (secondary N) is 1. The molecule has 196 valence electrons. The quantitative estimate of drug-likeness (QED) is 0.142. The first-order valence-corrected chi connectivity index (χ1v) is 12.9. The summed E-state index contributed by atoms with van der Waals surface area (Å²) in [5, 5.41) is 27.3. The number of rotatable bonds is 10. The third-order valence-corrected chi connectivity index (χ3v) is 7.55. The minimum absolute atomic E-state index is 0.0520. The van der Waals surface area contributed by atoms with Gasteiger partial charge in [0.1, 0.15) is 0 Å². The Morgan fingerprint density at radius 3 is 2.65 bits per heavy atom. The summed E-state index contributed by atoms with van der Waals surface area (Å²) in [4.78, 5) is 34.7. The van der Waals surface area contributed by atoms with Crippen molar-refractivity contribution in [1.82, 2.24) is 9.73 Å². The van der Waals surface area contributed by atoms with Crippen molar-refractivity contribution < 1.29 is 29.6 Å². The van der Waals surface area contributed by atoms with Gasteiger partial charge in [0.15, 0.2) is 0 Å². The van der Waals surface area contributed by atoms with Crippen molar-refractivity contribution in [3.63, 3.8) is 0 Å². The van der Waals surface area contributed by atoms with Crippen LogP contribution in [-0.4, -0.2) is 64.6 Å². The fraction of sp³-hybridized carbons (Fsp3) is 0.370. The van der Waals surface area contributed by atoms with Crippen molar-refractivity contribution in [2.75, 3.05) is 20.3 Å². The van der Waals surface area contributed by atoms with E-state index < -0.39 is 18.0 Å². The highest BCUT2D eigenvalue weighted by atomic mass is 32.2. The van der Waals surface area contributed by atoms with Gasteiger partial charge in [0.25, 0.3) is 0 Å². The van der Waals surface area contributed by atoms with Gasteiger partial charge in [-0.2, -0.15) is 9.99 Å². The second-order valence-corrected chi connectivity index (χ2v) is 10.1. The normalized spacial score (nSPS) is 20.8. The molecule has 1 amide bonds. The van der Waals surface area contributed by atoms with E-state index in [0.717, 1.165) is 27.3 Å². The Morgan fingerprint density at radius 2 is 2.00 bits per heavy atom. The number of nitrogens with zero attached hydrogens (tertiary/aromatic N) is 2. The zero-order chi connectivity index (χ0) is 26.5. The molecule has 1 saturated heterocycles. The van der Waals surface area contributed by atoms with E-state index >= 15 is 0 Å².